The summed E-state index contributed by atoms with van der Waals surface area (Å²) in [6.45, 7) is 3.99. The number of allylic oxidation sites excluding steroid dienone is 20. The Morgan fingerprint density at radius 2 is 0.851 bits per heavy atom. The Morgan fingerprint density at radius 1 is 0.478 bits per heavy atom. The van der Waals surface area contributed by atoms with Crippen LogP contribution in [0.3, 0.4) is 0 Å². The Kier molecular flexibility index (Phi) is 44.9. The lowest BCUT2D eigenvalue weighted by molar-refractivity contribution is -0.870. The van der Waals surface area contributed by atoms with Crippen LogP contribution in [0.1, 0.15) is 174 Å². The molecule has 0 fully saturated rings. The van der Waals surface area contributed by atoms with Crippen LogP contribution in [-0.4, -0.2) is 70.0 Å². The molecule has 67 heavy (non-hydrogen) atoms. The highest BCUT2D eigenvalue weighted by molar-refractivity contribution is 7.45. The largest absolute Gasteiger partial charge is 0.756 e. The van der Waals surface area contributed by atoms with Crippen LogP contribution in [0.15, 0.2) is 122 Å². The van der Waals surface area contributed by atoms with E-state index in [4.69, 9.17) is 18.5 Å². The van der Waals surface area contributed by atoms with E-state index in [1.807, 2.05) is 21.1 Å². The molecule has 0 aliphatic rings. The number of unbranched alkanes of at least 4 members (excludes halogenated alkanes) is 11. The second-order valence-corrected chi connectivity index (χ2v) is 19.2. The van der Waals surface area contributed by atoms with Crippen molar-refractivity contribution in [2.45, 2.75) is 180 Å². The van der Waals surface area contributed by atoms with Gasteiger partial charge < -0.3 is 27.9 Å². The number of esters is 2. The molecule has 380 valence electrons. The van der Waals surface area contributed by atoms with Crippen molar-refractivity contribution in [3.05, 3.63) is 122 Å². The van der Waals surface area contributed by atoms with E-state index in [9.17, 15) is 19.0 Å². The first-order valence-electron chi connectivity index (χ1n) is 25.7. The lowest BCUT2D eigenvalue weighted by atomic mass is 10.1. The second-order valence-electron chi connectivity index (χ2n) is 17.8. The number of quaternary nitrogens is 1. The van der Waals surface area contributed by atoms with Crippen molar-refractivity contribution in [3.63, 3.8) is 0 Å². The molecule has 0 rings (SSSR count). The average molecular weight is 952 g/mol. The molecule has 0 spiro atoms. The van der Waals surface area contributed by atoms with Gasteiger partial charge in [-0.1, -0.05) is 180 Å². The lowest BCUT2D eigenvalue weighted by Gasteiger charge is -2.28. The minimum Gasteiger partial charge on any atom is -0.756 e. The first kappa shape index (κ1) is 63.4. The molecule has 0 saturated carbocycles. The van der Waals surface area contributed by atoms with E-state index in [1.54, 1.807) is 0 Å². The molecule has 2 atom stereocenters. The maximum Gasteiger partial charge on any atom is 0.306 e. The Bertz CT molecular complexity index is 1540. The van der Waals surface area contributed by atoms with Crippen LogP contribution < -0.4 is 4.89 Å². The first-order valence-corrected chi connectivity index (χ1v) is 27.2. The fraction of sp³-hybridized carbons (Fsp3) is 0.614. The molecule has 0 aromatic heterocycles. The van der Waals surface area contributed by atoms with Gasteiger partial charge in [-0.25, -0.2) is 0 Å². The molecule has 0 aromatic carbocycles. The lowest BCUT2D eigenvalue weighted by Crippen LogP contribution is -2.37. The molecule has 0 aromatic rings. The number of likely N-dealkylation sites (N-methyl/N-ethyl adjacent to an activating group) is 1. The average Bonchev–Trinajstić information content (AvgIpc) is 3.29. The van der Waals surface area contributed by atoms with Crippen molar-refractivity contribution in [1.29, 1.82) is 0 Å². The van der Waals surface area contributed by atoms with E-state index in [0.29, 0.717) is 23.9 Å². The zero-order chi connectivity index (χ0) is 49.2. The van der Waals surface area contributed by atoms with Crippen molar-refractivity contribution >= 4 is 19.8 Å². The topological polar surface area (TPSA) is 111 Å². The molecular formula is C57H94NO8P. The third-order valence-corrected chi connectivity index (χ3v) is 11.2. The highest BCUT2D eigenvalue weighted by Crippen LogP contribution is 2.38. The number of rotatable bonds is 45. The molecule has 0 amide bonds. The molecule has 2 unspecified atom stereocenters. The highest BCUT2D eigenvalue weighted by atomic mass is 31.2. The summed E-state index contributed by atoms with van der Waals surface area (Å²) in [5, 5.41) is 0. The van der Waals surface area contributed by atoms with Crippen LogP contribution in [0, 0.1) is 0 Å². The molecule has 9 nitrogen and oxygen atoms in total. The van der Waals surface area contributed by atoms with Crippen LogP contribution in [0.25, 0.3) is 0 Å². The standard InChI is InChI=1S/C57H94NO8P/c1-6-8-10-12-14-16-18-19-20-21-22-23-24-25-26-27-28-29-30-31-32-33-34-35-36-37-38-39-40-42-44-46-48-50-57(60)66-55(54-65-67(61,62)64-52-51-58(3,4)5)53-63-56(59)49-47-45-43-41-17-15-13-11-9-7-2/h8,10-11,13-14,16,19-20,22-23,25-26,28-29,31-32,34-35,37-38,55H,6-7,9,12,15,17-18,21,24,27,30,33,36,39-54H2,1-5H3/b10-8-,13-11-,16-14-,20-19-,23-22-,26-25-,29-28-,32-31-,35-34-,38-37-. The normalized spacial score (nSPS) is 14.4. The minimum atomic E-state index is -4.64. The highest BCUT2D eigenvalue weighted by Gasteiger charge is 2.21. The third kappa shape index (κ3) is 51.6. The van der Waals surface area contributed by atoms with E-state index in [0.717, 1.165) is 128 Å². The smallest absolute Gasteiger partial charge is 0.306 e. The Morgan fingerprint density at radius 3 is 1.28 bits per heavy atom. The molecule has 0 aliphatic heterocycles. The van der Waals surface area contributed by atoms with Gasteiger partial charge in [0, 0.05) is 12.8 Å². The number of phosphoric acid groups is 1. The predicted molar refractivity (Wildman–Crippen MR) is 281 cm³/mol. The van der Waals surface area contributed by atoms with Crippen molar-refractivity contribution in [1.82, 2.24) is 0 Å². The zero-order valence-electron chi connectivity index (χ0n) is 42.8. The summed E-state index contributed by atoms with van der Waals surface area (Å²) in [7, 11) is 1.13. The number of phosphoric ester groups is 1. The number of carbonyl (C=O) groups excluding carboxylic acids is 2. The summed E-state index contributed by atoms with van der Waals surface area (Å²) in [5.41, 5.74) is 0. The van der Waals surface area contributed by atoms with Gasteiger partial charge in [0.1, 0.15) is 19.8 Å². The Hall–Kier alpha value is -3.59. The summed E-state index contributed by atoms with van der Waals surface area (Å²) in [5.74, 6) is -0.881. The van der Waals surface area contributed by atoms with Gasteiger partial charge in [0.05, 0.1) is 27.7 Å². The molecule has 0 saturated heterocycles. The van der Waals surface area contributed by atoms with Gasteiger partial charge in [-0.2, -0.15) is 0 Å². The summed E-state index contributed by atoms with van der Waals surface area (Å²) in [6, 6.07) is 0. The number of hydrogen-bond acceptors (Lipinski definition) is 8. The van der Waals surface area contributed by atoms with Gasteiger partial charge in [0.25, 0.3) is 7.82 Å². The number of hydrogen-bond donors (Lipinski definition) is 0. The Labute approximate surface area is 409 Å². The molecular weight excluding hydrogens is 858 g/mol. The van der Waals surface area contributed by atoms with Gasteiger partial charge in [-0.05, 0) is 103 Å². The Balaban J connectivity index is 4.22. The fourth-order valence-corrected chi connectivity index (χ4v) is 6.96. The molecule has 0 heterocycles. The number of ether oxygens (including phenoxy) is 2. The van der Waals surface area contributed by atoms with Crippen LogP contribution in [0.5, 0.6) is 0 Å². The monoisotopic (exact) mass is 952 g/mol. The minimum absolute atomic E-state index is 0.0430. The predicted octanol–water partition coefficient (Wildman–Crippen LogP) is 15.0. The number of nitrogens with zero attached hydrogens (tertiary/aromatic N) is 1. The van der Waals surface area contributed by atoms with Gasteiger partial charge >= 0.3 is 11.9 Å². The van der Waals surface area contributed by atoms with Crippen LogP contribution in [0.4, 0.5) is 0 Å². The molecule has 0 radical (unpaired) electrons. The first-order chi connectivity index (χ1) is 32.5. The molecule has 0 bridgehead atoms. The molecule has 10 heteroatoms. The van der Waals surface area contributed by atoms with Gasteiger partial charge in [-0.15, -0.1) is 0 Å². The van der Waals surface area contributed by atoms with E-state index < -0.39 is 32.5 Å². The number of carbonyl (C=O) groups is 2. The van der Waals surface area contributed by atoms with Crippen LogP contribution in [0.2, 0.25) is 0 Å². The summed E-state index contributed by atoms with van der Waals surface area (Å²) < 4.78 is 33.9. The van der Waals surface area contributed by atoms with Crippen LogP contribution >= 0.6 is 7.82 Å². The maximum absolute atomic E-state index is 12.7. The summed E-state index contributed by atoms with van der Waals surface area (Å²) in [6.07, 6.45) is 66.8. The van der Waals surface area contributed by atoms with E-state index in [-0.39, 0.29) is 26.1 Å². The third-order valence-electron chi connectivity index (χ3n) is 10.2. The van der Waals surface area contributed by atoms with Crippen molar-refractivity contribution < 1.29 is 42.1 Å². The van der Waals surface area contributed by atoms with Crippen molar-refractivity contribution in [3.8, 4) is 0 Å². The summed E-state index contributed by atoms with van der Waals surface area (Å²) in [4.78, 5) is 37.6. The van der Waals surface area contributed by atoms with Crippen molar-refractivity contribution in [2.75, 3.05) is 47.5 Å². The van der Waals surface area contributed by atoms with E-state index in [2.05, 4.69) is 135 Å². The zero-order valence-corrected chi connectivity index (χ0v) is 43.7. The fourth-order valence-electron chi connectivity index (χ4n) is 6.24. The second kappa shape index (κ2) is 47.5. The van der Waals surface area contributed by atoms with E-state index in [1.165, 1.54) is 6.42 Å². The van der Waals surface area contributed by atoms with Gasteiger partial charge in [0.2, 0.25) is 0 Å². The van der Waals surface area contributed by atoms with Gasteiger partial charge in [0.15, 0.2) is 6.10 Å². The van der Waals surface area contributed by atoms with Gasteiger partial charge in [-0.3, -0.25) is 14.2 Å². The van der Waals surface area contributed by atoms with Crippen molar-refractivity contribution in [2.24, 2.45) is 0 Å². The maximum atomic E-state index is 12.7. The molecule has 0 N–H and O–H groups in total. The van der Waals surface area contributed by atoms with E-state index >= 15 is 0 Å². The SMILES string of the molecule is CC/C=C\C/C=C\C/C=C\C/C=C\C/C=C\C/C=C\C/C=C\C/C=C\C/C=C\CCCCCCCC(=O)OC(COC(=O)CCCCCCC/C=C\CCC)COP(=O)([O-])OCC[N+](C)(C)C. The summed E-state index contributed by atoms with van der Waals surface area (Å²) >= 11 is 0. The quantitative estimate of drug-likeness (QED) is 0.0195. The van der Waals surface area contributed by atoms with Crippen LogP contribution in [-0.2, 0) is 32.7 Å². The molecule has 0 aliphatic carbocycles.